The van der Waals surface area contributed by atoms with Crippen molar-refractivity contribution in [3.8, 4) is 22.9 Å². The molecule has 1 atom stereocenters. The number of likely N-dealkylation sites (tertiary alicyclic amines) is 1. The molecule has 3 aromatic rings. The number of benzene rings is 2. The molecule has 0 spiro atoms. The molecule has 1 aromatic heterocycles. The Labute approximate surface area is 204 Å². The Morgan fingerprint density at radius 3 is 2.62 bits per heavy atom. The van der Waals surface area contributed by atoms with Gasteiger partial charge in [0.05, 0.1) is 25.6 Å². The van der Waals surface area contributed by atoms with Crippen LogP contribution in [0.2, 0.25) is 5.02 Å². The van der Waals surface area contributed by atoms with Crippen LogP contribution in [0, 0.1) is 0 Å². The lowest BCUT2D eigenvalue weighted by molar-refractivity contribution is -0.122. The average molecular weight is 485 g/mol. The summed E-state index contributed by atoms with van der Waals surface area (Å²) in [6.07, 6.45) is 1.92. The van der Waals surface area contributed by atoms with E-state index in [4.69, 9.17) is 25.6 Å². The topological polar surface area (TPSA) is 89.7 Å². The van der Waals surface area contributed by atoms with Gasteiger partial charge in [0.1, 0.15) is 18.1 Å². The Morgan fingerprint density at radius 2 is 1.88 bits per heavy atom. The fraction of sp³-hybridized carbons (Fsp3) is 0.400. The molecule has 2 heterocycles. The Morgan fingerprint density at radius 1 is 1.15 bits per heavy atom. The van der Waals surface area contributed by atoms with E-state index in [1.54, 1.807) is 12.1 Å². The highest BCUT2D eigenvalue weighted by atomic mass is 35.5. The molecule has 0 aliphatic carbocycles. The number of halogens is 1. The van der Waals surface area contributed by atoms with E-state index in [1.807, 2.05) is 43.3 Å². The number of amides is 1. The van der Waals surface area contributed by atoms with Crippen molar-refractivity contribution in [2.45, 2.75) is 25.7 Å². The van der Waals surface area contributed by atoms with Crippen LogP contribution in [0.1, 0.15) is 31.6 Å². The number of rotatable bonds is 10. The zero-order valence-corrected chi connectivity index (χ0v) is 20.0. The smallest absolute Gasteiger partial charge is 0.234 e. The van der Waals surface area contributed by atoms with E-state index in [9.17, 15) is 4.79 Å². The second-order valence-corrected chi connectivity index (χ2v) is 8.58. The molecule has 1 saturated heterocycles. The van der Waals surface area contributed by atoms with Gasteiger partial charge in [-0.15, -0.1) is 0 Å². The highest BCUT2D eigenvalue weighted by Crippen LogP contribution is 2.28. The summed E-state index contributed by atoms with van der Waals surface area (Å²) in [6.45, 7) is 5.32. The summed E-state index contributed by atoms with van der Waals surface area (Å²) in [4.78, 5) is 19.1. The average Bonchev–Trinajstić information content (AvgIpc) is 3.34. The normalized spacial score (nSPS) is 16.2. The first-order valence-corrected chi connectivity index (χ1v) is 11.9. The molecular formula is C25H29ClN4O4. The first-order chi connectivity index (χ1) is 16.6. The van der Waals surface area contributed by atoms with Crippen molar-refractivity contribution in [2.24, 2.45) is 0 Å². The van der Waals surface area contributed by atoms with Crippen molar-refractivity contribution in [2.75, 3.05) is 39.4 Å². The van der Waals surface area contributed by atoms with Crippen LogP contribution in [0.15, 0.2) is 53.1 Å². The first-order valence-electron chi connectivity index (χ1n) is 11.5. The fourth-order valence-corrected chi connectivity index (χ4v) is 4.06. The molecule has 2 aromatic carbocycles. The third-order valence-electron chi connectivity index (χ3n) is 5.59. The number of piperidine rings is 1. The van der Waals surface area contributed by atoms with Gasteiger partial charge in [0, 0.05) is 17.1 Å². The molecular weight excluding hydrogens is 456 g/mol. The molecule has 0 radical (unpaired) electrons. The highest BCUT2D eigenvalue weighted by molar-refractivity contribution is 6.30. The predicted octanol–water partition coefficient (Wildman–Crippen LogP) is 4.16. The molecule has 9 heteroatoms. The van der Waals surface area contributed by atoms with Crippen molar-refractivity contribution in [3.05, 3.63) is 59.4 Å². The maximum atomic E-state index is 12.4. The van der Waals surface area contributed by atoms with Gasteiger partial charge in [-0.05, 0) is 74.8 Å². The SMILES string of the molecule is CCOc1ccc(OCCNC(=O)CN2CCCC(c3nc(-c4ccc(Cl)cc4)no3)C2)cc1. The minimum Gasteiger partial charge on any atom is -0.494 e. The Kier molecular flexibility index (Phi) is 8.38. The molecule has 0 saturated carbocycles. The lowest BCUT2D eigenvalue weighted by atomic mass is 9.98. The van der Waals surface area contributed by atoms with Gasteiger partial charge in [-0.2, -0.15) is 4.98 Å². The van der Waals surface area contributed by atoms with Crippen molar-refractivity contribution < 1.29 is 18.8 Å². The zero-order valence-electron chi connectivity index (χ0n) is 19.2. The number of hydrogen-bond acceptors (Lipinski definition) is 7. The van der Waals surface area contributed by atoms with Crippen LogP contribution < -0.4 is 14.8 Å². The van der Waals surface area contributed by atoms with Crippen molar-refractivity contribution in [3.63, 3.8) is 0 Å². The second kappa shape index (κ2) is 11.9. The third kappa shape index (κ3) is 6.71. The molecule has 1 N–H and O–H groups in total. The summed E-state index contributed by atoms with van der Waals surface area (Å²) < 4.78 is 16.6. The molecule has 1 amide bonds. The predicted molar refractivity (Wildman–Crippen MR) is 129 cm³/mol. The highest BCUT2D eigenvalue weighted by Gasteiger charge is 2.27. The van der Waals surface area contributed by atoms with Crippen molar-refractivity contribution in [1.82, 2.24) is 20.4 Å². The number of hydrogen-bond donors (Lipinski definition) is 1. The maximum Gasteiger partial charge on any atom is 0.234 e. The molecule has 1 aliphatic heterocycles. The van der Waals surface area contributed by atoms with Gasteiger partial charge in [0.15, 0.2) is 0 Å². The minimum atomic E-state index is -0.0247. The lowest BCUT2D eigenvalue weighted by Gasteiger charge is -2.30. The van der Waals surface area contributed by atoms with Crippen LogP contribution >= 0.6 is 11.6 Å². The number of ether oxygens (including phenoxy) is 2. The van der Waals surface area contributed by atoms with Crippen molar-refractivity contribution in [1.29, 1.82) is 0 Å². The molecule has 34 heavy (non-hydrogen) atoms. The standard InChI is InChI=1S/C25H29ClN4O4/c1-2-32-21-9-11-22(12-10-21)33-15-13-27-23(31)17-30-14-3-4-19(16-30)25-28-24(29-34-25)18-5-7-20(26)8-6-18/h5-12,19H,2-4,13-17H2,1H3,(H,27,31). The van der Waals surface area contributed by atoms with E-state index in [1.165, 1.54) is 0 Å². The van der Waals surface area contributed by atoms with E-state index >= 15 is 0 Å². The second-order valence-electron chi connectivity index (χ2n) is 8.14. The summed E-state index contributed by atoms with van der Waals surface area (Å²) >= 11 is 5.95. The van der Waals surface area contributed by atoms with E-state index < -0.39 is 0 Å². The van der Waals surface area contributed by atoms with E-state index in [2.05, 4.69) is 20.4 Å². The number of carbonyl (C=O) groups excluding carboxylic acids is 1. The van der Waals surface area contributed by atoms with Gasteiger partial charge in [0.25, 0.3) is 0 Å². The Balaban J connectivity index is 1.20. The number of nitrogens with one attached hydrogen (secondary N) is 1. The summed E-state index contributed by atoms with van der Waals surface area (Å²) in [7, 11) is 0. The number of nitrogens with zero attached hydrogens (tertiary/aromatic N) is 3. The van der Waals surface area contributed by atoms with E-state index in [0.717, 1.165) is 36.4 Å². The molecule has 1 unspecified atom stereocenters. The van der Waals surface area contributed by atoms with Gasteiger partial charge >= 0.3 is 0 Å². The van der Waals surface area contributed by atoms with Crippen LogP contribution in [0.4, 0.5) is 0 Å². The van der Waals surface area contributed by atoms with Crippen LogP contribution in [-0.4, -0.2) is 60.3 Å². The van der Waals surface area contributed by atoms with Gasteiger partial charge in [-0.1, -0.05) is 16.8 Å². The fourth-order valence-electron chi connectivity index (χ4n) is 3.94. The Hall–Kier alpha value is -3.10. The zero-order chi connectivity index (χ0) is 23.8. The molecule has 1 aliphatic rings. The van der Waals surface area contributed by atoms with E-state index in [-0.39, 0.29) is 11.8 Å². The van der Waals surface area contributed by atoms with Crippen LogP contribution in [0.5, 0.6) is 11.5 Å². The third-order valence-corrected chi connectivity index (χ3v) is 5.85. The maximum absolute atomic E-state index is 12.4. The quantitative estimate of drug-likeness (QED) is 0.432. The molecule has 0 bridgehead atoms. The van der Waals surface area contributed by atoms with Crippen LogP contribution in [0.3, 0.4) is 0 Å². The number of carbonyl (C=O) groups is 1. The Bertz CT molecular complexity index is 1060. The first kappa shape index (κ1) is 24.0. The van der Waals surface area contributed by atoms with Gasteiger partial charge in [-0.25, -0.2) is 0 Å². The van der Waals surface area contributed by atoms with Crippen molar-refractivity contribution >= 4 is 17.5 Å². The summed E-state index contributed by atoms with van der Waals surface area (Å²) in [6, 6.07) is 14.8. The number of aromatic nitrogens is 2. The summed E-state index contributed by atoms with van der Waals surface area (Å²) in [5.41, 5.74) is 0.860. The van der Waals surface area contributed by atoms with Gasteiger partial charge in [-0.3, -0.25) is 9.69 Å². The molecule has 1 fully saturated rings. The van der Waals surface area contributed by atoms with E-state index in [0.29, 0.717) is 49.6 Å². The largest absolute Gasteiger partial charge is 0.494 e. The monoisotopic (exact) mass is 484 g/mol. The summed E-state index contributed by atoms with van der Waals surface area (Å²) in [5.74, 6) is 2.80. The van der Waals surface area contributed by atoms with Crippen LogP contribution in [-0.2, 0) is 4.79 Å². The molecule has 4 rings (SSSR count). The molecule has 8 nitrogen and oxygen atoms in total. The lowest BCUT2D eigenvalue weighted by Crippen LogP contribution is -2.42. The molecule has 180 valence electrons. The van der Waals surface area contributed by atoms with Gasteiger partial charge in [0.2, 0.25) is 17.6 Å². The summed E-state index contributed by atoms with van der Waals surface area (Å²) in [5, 5.41) is 7.71. The minimum absolute atomic E-state index is 0.0247. The van der Waals surface area contributed by atoms with Crippen LogP contribution in [0.25, 0.3) is 11.4 Å². The van der Waals surface area contributed by atoms with Gasteiger partial charge < -0.3 is 19.3 Å².